The van der Waals surface area contributed by atoms with Crippen LogP contribution in [0.2, 0.25) is 5.02 Å². The van der Waals surface area contributed by atoms with Crippen LogP contribution >= 0.6 is 11.6 Å². The largest absolute Gasteiger partial charge is 0.369 e. The molecule has 1 saturated heterocycles. The summed E-state index contributed by atoms with van der Waals surface area (Å²) in [5, 5.41) is 9.16. The van der Waals surface area contributed by atoms with Gasteiger partial charge in [0.05, 0.1) is 5.52 Å². The minimum Gasteiger partial charge on any atom is -0.369 e. The highest BCUT2D eigenvalue weighted by Crippen LogP contribution is 2.46. The number of piperazine rings is 1. The van der Waals surface area contributed by atoms with Crippen LogP contribution in [-0.2, 0) is 0 Å². The molecule has 190 valence electrons. The molecule has 1 aliphatic heterocycles. The van der Waals surface area contributed by atoms with Gasteiger partial charge in [-0.3, -0.25) is 4.90 Å². The number of hydrogen-bond donors (Lipinski definition) is 2. The normalized spacial score (nSPS) is 23.7. The van der Waals surface area contributed by atoms with E-state index in [0.29, 0.717) is 16.8 Å². The number of nitrogens with one attached hydrogen (secondary N) is 1. The van der Waals surface area contributed by atoms with Gasteiger partial charge in [0.15, 0.2) is 5.82 Å². The lowest BCUT2D eigenvalue weighted by atomic mass is 9.93. The molecule has 3 atom stereocenters. The first kappa shape index (κ1) is 22.7. The molecule has 0 spiro atoms. The standard InChI is InChI=1S/C27H30ClN9/c28-19-3-8-23-22(15-19)25(31-16-30-23)37-26(29)33-27(34-37)32-20-4-6-21(7-5-20)35-9-11-36(12-10-35)24-14-17-1-2-18(24)13-17/h3-8,15-18,24H,1-2,9-14H2,(H3,29,32,33,34). The highest BCUT2D eigenvalue weighted by molar-refractivity contribution is 6.31. The van der Waals surface area contributed by atoms with Gasteiger partial charge in [-0.15, -0.1) is 5.10 Å². The van der Waals surface area contributed by atoms with Crippen LogP contribution in [0.25, 0.3) is 16.7 Å². The van der Waals surface area contributed by atoms with Crippen LogP contribution in [0.1, 0.15) is 25.7 Å². The van der Waals surface area contributed by atoms with E-state index in [1.54, 1.807) is 12.1 Å². The van der Waals surface area contributed by atoms with E-state index in [1.165, 1.54) is 42.4 Å². The Labute approximate surface area is 220 Å². The number of anilines is 4. The fourth-order valence-corrected chi connectivity index (χ4v) is 6.74. The first-order chi connectivity index (χ1) is 18.1. The molecule has 2 aromatic heterocycles. The van der Waals surface area contributed by atoms with Gasteiger partial charge >= 0.3 is 0 Å². The number of aromatic nitrogens is 5. The van der Waals surface area contributed by atoms with Gasteiger partial charge in [-0.05, 0) is 73.6 Å². The van der Waals surface area contributed by atoms with Crippen LogP contribution in [0.5, 0.6) is 0 Å². The summed E-state index contributed by atoms with van der Waals surface area (Å²) in [5.41, 5.74) is 9.11. The lowest BCUT2D eigenvalue weighted by Gasteiger charge is -2.41. The number of fused-ring (bicyclic) bond motifs is 3. The third-order valence-electron chi connectivity index (χ3n) is 8.38. The zero-order valence-corrected chi connectivity index (χ0v) is 21.3. The van der Waals surface area contributed by atoms with E-state index in [4.69, 9.17) is 17.3 Å². The number of nitrogens with two attached hydrogens (primary N) is 1. The molecule has 7 rings (SSSR count). The molecule has 2 bridgehead atoms. The molecule has 10 heteroatoms. The summed E-state index contributed by atoms with van der Waals surface area (Å²) in [6.07, 6.45) is 7.31. The summed E-state index contributed by atoms with van der Waals surface area (Å²) >= 11 is 6.20. The minimum absolute atomic E-state index is 0.229. The molecular weight excluding hydrogens is 486 g/mol. The minimum atomic E-state index is 0.229. The Morgan fingerprint density at radius 2 is 1.78 bits per heavy atom. The number of halogens is 1. The number of nitrogen functional groups attached to an aromatic ring is 1. The predicted molar refractivity (Wildman–Crippen MR) is 147 cm³/mol. The molecule has 0 amide bonds. The van der Waals surface area contributed by atoms with Gasteiger partial charge in [-0.25, -0.2) is 9.97 Å². The van der Waals surface area contributed by atoms with E-state index in [9.17, 15) is 0 Å². The molecule has 2 saturated carbocycles. The average molecular weight is 516 g/mol. The molecule has 2 aromatic carbocycles. The quantitative estimate of drug-likeness (QED) is 0.400. The summed E-state index contributed by atoms with van der Waals surface area (Å²) in [4.78, 5) is 18.3. The van der Waals surface area contributed by atoms with Gasteiger partial charge in [-0.2, -0.15) is 9.67 Å². The maximum absolute atomic E-state index is 6.20. The number of hydrogen-bond acceptors (Lipinski definition) is 8. The molecule has 2 aliphatic carbocycles. The van der Waals surface area contributed by atoms with Gasteiger partial charge in [0.25, 0.3) is 0 Å². The maximum Gasteiger partial charge on any atom is 0.248 e. The van der Waals surface area contributed by atoms with Crippen molar-refractivity contribution in [2.75, 3.05) is 42.1 Å². The molecule has 37 heavy (non-hydrogen) atoms. The lowest BCUT2D eigenvalue weighted by molar-refractivity contribution is 0.135. The van der Waals surface area contributed by atoms with E-state index in [0.717, 1.165) is 60.6 Å². The van der Waals surface area contributed by atoms with E-state index < -0.39 is 0 Å². The van der Waals surface area contributed by atoms with Gasteiger partial charge in [0.1, 0.15) is 6.33 Å². The zero-order chi connectivity index (χ0) is 24.9. The second-order valence-corrected chi connectivity index (χ2v) is 10.9. The fraction of sp³-hybridized carbons (Fsp3) is 0.407. The van der Waals surface area contributed by atoms with Crippen molar-refractivity contribution in [3.63, 3.8) is 0 Å². The van der Waals surface area contributed by atoms with Crippen LogP contribution in [0.3, 0.4) is 0 Å². The maximum atomic E-state index is 6.20. The van der Waals surface area contributed by atoms with Gasteiger partial charge in [0.2, 0.25) is 11.9 Å². The molecule has 3 aliphatic rings. The molecule has 0 radical (unpaired) electrons. The number of nitrogens with zero attached hydrogens (tertiary/aromatic N) is 7. The molecule has 4 aromatic rings. The predicted octanol–water partition coefficient (Wildman–Crippen LogP) is 4.50. The summed E-state index contributed by atoms with van der Waals surface area (Å²) in [6.45, 7) is 4.50. The zero-order valence-electron chi connectivity index (χ0n) is 20.6. The molecule has 3 N–H and O–H groups in total. The van der Waals surface area contributed by atoms with E-state index in [2.05, 4.69) is 59.4 Å². The van der Waals surface area contributed by atoms with Crippen molar-refractivity contribution in [1.82, 2.24) is 29.6 Å². The third kappa shape index (κ3) is 4.26. The molecule has 3 heterocycles. The monoisotopic (exact) mass is 515 g/mol. The molecule has 3 unspecified atom stereocenters. The Morgan fingerprint density at radius 1 is 0.946 bits per heavy atom. The second-order valence-electron chi connectivity index (χ2n) is 10.5. The molecule has 3 fully saturated rings. The average Bonchev–Trinajstić information content (AvgIpc) is 3.65. The van der Waals surface area contributed by atoms with Crippen LogP contribution in [0.4, 0.5) is 23.3 Å². The third-order valence-corrected chi connectivity index (χ3v) is 8.62. The van der Waals surface area contributed by atoms with Crippen LogP contribution in [0.15, 0.2) is 48.8 Å². The van der Waals surface area contributed by atoms with Gasteiger partial charge in [-0.1, -0.05) is 18.0 Å². The van der Waals surface area contributed by atoms with Crippen molar-refractivity contribution in [2.45, 2.75) is 31.7 Å². The Hall–Kier alpha value is -3.43. The highest BCUT2D eigenvalue weighted by Gasteiger charge is 2.42. The van der Waals surface area contributed by atoms with Crippen molar-refractivity contribution in [2.24, 2.45) is 11.8 Å². The number of rotatable bonds is 5. The molecule has 9 nitrogen and oxygen atoms in total. The fourth-order valence-electron chi connectivity index (χ4n) is 6.57. The topological polar surface area (TPSA) is 101 Å². The Kier molecular flexibility index (Phi) is 5.62. The van der Waals surface area contributed by atoms with Gasteiger partial charge in [0, 0.05) is 54.0 Å². The van der Waals surface area contributed by atoms with E-state index in [1.807, 2.05) is 6.07 Å². The van der Waals surface area contributed by atoms with Crippen LogP contribution in [0, 0.1) is 11.8 Å². The van der Waals surface area contributed by atoms with Crippen molar-refractivity contribution < 1.29 is 0 Å². The van der Waals surface area contributed by atoms with Crippen LogP contribution in [-0.4, -0.2) is 61.9 Å². The Bertz CT molecular complexity index is 1430. The second kappa shape index (κ2) is 9.15. The summed E-state index contributed by atoms with van der Waals surface area (Å²) < 4.78 is 1.51. The first-order valence-electron chi connectivity index (χ1n) is 13.1. The summed E-state index contributed by atoms with van der Waals surface area (Å²) in [6, 6.07) is 14.7. The van der Waals surface area contributed by atoms with Gasteiger partial charge < -0.3 is 16.0 Å². The van der Waals surface area contributed by atoms with Crippen LogP contribution < -0.4 is 16.0 Å². The van der Waals surface area contributed by atoms with Crippen molar-refractivity contribution >= 4 is 45.8 Å². The Morgan fingerprint density at radius 3 is 2.54 bits per heavy atom. The summed E-state index contributed by atoms with van der Waals surface area (Å²) in [7, 11) is 0. The highest BCUT2D eigenvalue weighted by atomic mass is 35.5. The van der Waals surface area contributed by atoms with E-state index in [-0.39, 0.29) is 5.95 Å². The SMILES string of the molecule is Nc1nc(Nc2ccc(N3CCN(C4CC5CCC4C5)CC3)cc2)nn1-c1ncnc2ccc(Cl)cc12. The number of benzene rings is 2. The smallest absolute Gasteiger partial charge is 0.248 e. The van der Waals surface area contributed by atoms with E-state index >= 15 is 0 Å². The first-order valence-corrected chi connectivity index (χ1v) is 13.5. The molecular formula is C27H30ClN9. The Balaban J connectivity index is 1.02. The summed E-state index contributed by atoms with van der Waals surface area (Å²) in [5.74, 6) is 3.12. The van der Waals surface area contributed by atoms with Crippen molar-refractivity contribution in [3.8, 4) is 5.82 Å². The van der Waals surface area contributed by atoms with Crippen molar-refractivity contribution in [3.05, 3.63) is 53.8 Å². The van der Waals surface area contributed by atoms with Crippen molar-refractivity contribution in [1.29, 1.82) is 0 Å². The lowest BCUT2D eigenvalue weighted by Crippen LogP contribution is -2.51.